The molecule has 0 radical (unpaired) electrons. The number of benzene rings is 1. The summed E-state index contributed by atoms with van der Waals surface area (Å²) in [6.45, 7) is 6.32. The molecule has 0 aliphatic heterocycles. The molecule has 5 heteroatoms. The lowest BCUT2D eigenvalue weighted by Crippen LogP contribution is -2.11. The third-order valence-corrected chi connectivity index (χ3v) is 3.29. The van der Waals surface area contributed by atoms with Crippen LogP contribution >= 0.6 is 0 Å². The Hall–Kier alpha value is -2.17. The van der Waals surface area contributed by atoms with Crippen molar-refractivity contribution >= 4 is 11.6 Å². The lowest BCUT2D eigenvalue weighted by molar-refractivity contribution is 0.625. The van der Waals surface area contributed by atoms with Crippen molar-refractivity contribution in [3.8, 4) is 0 Å². The van der Waals surface area contributed by atoms with Crippen molar-refractivity contribution < 1.29 is 4.39 Å². The molecule has 2 aromatic rings. The maximum Gasteiger partial charge on any atom is 0.134 e. The zero-order valence-electron chi connectivity index (χ0n) is 12.0. The molecule has 1 heterocycles. The van der Waals surface area contributed by atoms with Crippen molar-refractivity contribution in [3.63, 3.8) is 0 Å². The van der Waals surface area contributed by atoms with Gasteiger partial charge in [-0.15, -0.1) is 0 Å². The number of hydrogen-bond acceptors (Lipinski definition) is 4. The smallest absolute Gasteiger partial charge is 0.134 e. The van der Waals surface area contributed by atoms with E-state index in [9.17, 15) is 4.39 Å². The Morgan fingerprint density at radius 2 is 1.95 bits per heavy atom. The first-order valence-corrected chi connectivity index (χ1v) is 6.57. The minimum absolute atomic E-state index is 0.200. The molecule has 0 bridgehead atoms. The fraction of sp³-hybridized carbons (Fsp3) is 0.333. The number of rotatable bonds is 4. The molecule has 0 aliphatic carbocycles. The van der Waals surface area contributed by atoms with Gasteiger partial charge in [-0.3, -0.25) is 0 Å². The van der Waals surface area contributed by atoms with Gasteiger partial charge in [0, 0.05) is 12.1 Å². The molecule has 1 aromatic heterocycles. The molecule has 4 nitrogen and oxygen atoms in total. The average molecular weight is 274 g/mol. The van der Waals surface area contributed by atoms with Gasteiger partial charge in [-0.1, -0.05) is 6.07 Å². The number of nitrogens with zero attached hydrogens (tertiary/aromatic N) is 2. The molecule has 0 atom stereocenters. The number of halogens is 1. The zero-order chi connectivity index (χ0) is 14.7. The summed E-state index contributed by atoms with van der Waals surface area (Å²) in [7, 11) is 0. The molecule has 0 spiro atoms. The molecule has 3 N–H and O–H groups in total. The third kappa shape index (κ3) is 3.23. The van der Waals surface area contributed by atoms with E-state index >= 15 is 0 Å². The average Bonchev–Trinajstić information content (AvgIpc) is 2.37. The van der Waals surface area contributed by atoms with Crippen LogP contribution < -0.4 is 11.1 Å². The van der Waals surface area contributed by atoms with E-state index in [2.05, 4.69) is 15.3 Å². The summed E-state index contributed by atoms with van der Waals surface area (Å²) in [5.41, 5.74) is 8.75. The minimum Gasteiger partial charge on any atom is -0.383 e. The molecule has 106 valence electrons. The van der Waals surface area contributed by atoms with Crippen LogP contribution in [0.1, 0.15) is 22.5 Å². The first kappa shape index (κ1) is 14.2. The summed E-state index contributed by atoms with van der Waals surface area (Å²) in [6.07, 6.45) is 0.800. The molecule has 20 heavy (non-hydrogen) atoms. The molecule has 0 aliphatic rings. The fourth-order valence-electron chi connectivity index (χ4n) is 2.08. The Balaban J connectivity index is 2.03. The first-order chi connectivity index (χ1) is 9.47. The van der Waals surface area contributed by atoms with Gasteiger partial charge in [0.05, 0.1) is 0 Å². The highest BCUT2D eigenvalue weighted by atomic mass is 19.1. The molecular formula is C15H19FN4. The van der Waals surface area contributed by atoms with Crippen LogP contribution in [0, 0.1) is 26.6 Å². The van der Waals surface area contributed by atoms with Crippen LogP contribution in [0.5, 0.6) is 0 Å². The van der Waals surface area contributed by atoms with Gasteiger partial charge in [0.15, 0.2) is 0 Å². The van der Waals surface area contributed by atoms with E-state index in [0.717, 1.165) is 28.9 Å². The van der Waals surface area contributed by atoms with Gasteiger partial charge < -0.3 is 11.1 Å². The van der Waals surface area contributed by atoms with Gasteiger partial charge in [0.2, 0.25) is 0 Å². The first-order valence-electron chi connectivity index (χ1n) is 6.57. The number of nitrogen functional groups attached to an aromatic ring is 1. The van der Waals surface area contributed by atoms with Crippen LogP contribution in [-0.4, -0.2) is 16.5 Å². The van der Waals surface area contributed by atoms with Crippen LogP contribution in [0.4, 0.5) is 16.0 Å². The molecule has 1 aromatic carbocycles. The Bertz CT molecular complexity index is 626. The van der Waals surface area contributed by atoms with Crippen molar-refractivity contribution in [1.82, 2.24) is 9.97 Å². The number of nitrogens with one attached hydrogen (secondary N) is 1. The van der Waals surface area contributed by atoms with Crippen molar-refractivity contribution in [1.29, 1.82) is 0 Å². The Morgan fingerprint density at radius 3 is 2.65 bits per heavy atom. The van der Waals surface area contributed by atoms with Crippen LogP contribution in [0.2, 0.25) is 0 Å². The molecule has 0 saturated heterocycles. The van der Waals surface area contributed by atoms with Gasteiger partial charge in [-0.05, 0) is 50.5 Å². The van der Waals surface area contributed by atoms with Gasteiger partial charge in [-0.2, -0.15) is 0 Å². The van der Waals surface area contributed by atoms with Crippen LogP contribution in [-0.2, 0) is 6.42 Å². The number of nitrogens with two attached hydrogens (primary N) is 1. The minimum atomic E-state index is -0.200. The Morgan fingerprint density at radius 1 is 1.20 bits per heavy atom. The predicted octanol–water partition coefficient (Wildman–Crippen LogP) is 2.78. The van der Waals surface area contributed by atoms with Gasteiger partial charge >= 0.3 is 0 Å². The van der Waals surface area contributed by atoms with Gasteiger partial charge in [0.25, 0.3) is 0 Å². The molecule has 0 fully saturated rings. The molecule has 0 saturated carbocycles. The standard InChI is InChI=1S/C15H19FN4/c1-9-8-13(16)5-4-12(9)6-7-18-15-10(2)14(17)19-11(3)20-15/h4-5,8H,6-7H2,1-3H3,(H3,17,18,19,20). The normalized spacial score (nSPS) is 10.6. The third-order valence-electron chi connectivity index (χ3n) is 3.29. The SMILES string of the molecule is Cc1nc(N)c(C)c(NCCc2ccc(F)cc2C)n1. The van der Waals surface area contributed by atoms with E-state index in [1.54, 1.807) is 6.07 Å². The lowest BCUT2D eigenvalue weighted by atomic mass is 10.1. The highest BCUT2D eigenvalue weighted by Crippen LogP contribution is 2.17. The van der Waals surface area contributed by atoms with Crippen LogP contribution in [0.25, 0.3) is 0 Å². The molecule has 0 unspecified atom stereocenters. The Kier molecular flexibility index (Phi) is 4.17. The quantitative estimate of drug-likeness (QED) is 0.900. The van der Waals surface area contributed by atoms with Crippen molar-refractivity contribution in [2.45, 2.75) is 27.2 Å². The highest BCUT2D eigenvalue weighted by Gasteiger charge is 2.06. The lowest BCUT2D eigenvalue weighted by Gasteiger charge is -2.11. The molecule has 0 amide bonds. The predicted molar refractivity (Wildman–Crippen MR) is 79.2 cm³/mol. The summed E-state index contributed by atoms with van der Waals surface area (Å²) >= 11 is 0. The largest absolute Gasteiger partial charge is 0.383 e. The van der Waals surface area contributed by atoms with Crippen LogP contribution in [0.15, 0.2) is 18.2 Å². The van der Waals surface area contributed by atoms with E-state index in [1.807, 2.05) is 26.8 Å². The summed E-state index contributed by atoms with van der Waals surface area (Å²) < 4.78 is 13.0. The number of aromatic nitrogens is 2. The number of hydrogen-bond donors (Lipinski definition) is 2. The van der Waals surface area contributed by atoms with E-state index in [0.29, 0.717) is 18.2 Å². The maximum absolute atomic E-state index is 13.0. The number of anilines is 2. The van der Waals surface area contributed by atoms with E-state index in [1.165, 1.54) is 6.07 Å². The second-order valence-corrected chi connectivity index (χ2v) is 4.88. The van der Waals surface area contributed by atoms with Crippen LogP contribution in [0.3, 0.4) is 0 Å². The van der Waals surface area contributed by atoms with Gasteiger partial charge in [-0.25, -0.2) is 14.4 Å². The second kappa shape index (κ2) is 5.86. The number of aryl methyl sites for hydroxylation is 2. The van der Waals surface area contributed by atoms with Gasteiger partial charge in [0.1, 0.15) is 23.3 Å². The summed E-state index contributed by atoms with van der Waals surface area (Å²) in [6, 6.07) is 4.85. The zero-order valence-corrected chi connectivity index (χ0v) is 12.0. The van der Waals surface area contributed by atoms with Crippen molar-refractivity contribution in [2.75, 3.05) is 17.6 Å². The molecule has 2 rings (SSSR count). The van der Waals surface area contributed by atoms with E-state index < -0.39 is 0 Å². The highest BCUT2D eigenvalue weighted by molar-refractivity contribution is 5.54. The fourth-order valence-corrected chi connectivity index (χ4v) is 2.08. The monoisotopic (exact) mass is 274 g/mol. The van der Waals surface area contributed by atoms with E-state index in [4.69, 9.17) is 5.73 Å². The second-order valence-electron chi connectivity index (χ2n) is 4.88. The maximum atomic E-state index is 13.0. The van der Waals surface area contributed by atoms with Crippen molar-refractivity contribution in [2.24, 2.45) is 0 Å². The Labute approximate surface area is 118 Å². The summed E-state index contributed by atoms with van der Waals surface area (Å²) in [4.78, 5) is 8.45. The van der Waals surface area contributed by atoms with E-state index in [-0.39, 0.29) is 5.82 Å². The summed E-state index contributed by atoms with van der Waals surface area (Å²) in [5.74, 6) is 1.70. The van der Waals surface area contributed by atoms with Crippen molar-refractivity contribution in [3.05, 3.63) is 46.5 Å². The molecular weight excluding hydrogens is 255 g/mol. The topological polar surface area (TPSA) is 63.8 Å². The summed E-state index contributed by atoms with van der Waals surface area (Å²) in [5, 5.41) is 3.26.